The van der Waals surface area contributed by atoms with Gasteiger partial charge in [-0.3, -0.25) is 19.1 Å². The zero-order chi connectivity index (χ0) is 19.3. The Morgan fingerprint density at radius 3 is 2.46 bits per heavy atom. The highest BCUT2D eigenvalue weighted by Gasteiger charge is 2.29. The number of aromatic nitrogens is 2. The van der Waals surface area contributed by atoms with Gasteiger partial charge in [0.15, 0.2) is 0 Å². The highest BCUT2D eigenvalue weighted by atomic mass is 16.2. The van der Waals surface area contributed by atoms with Crippen LogP contribution in [-0.2, 0) is 11.3 Å². The number of anilines is 1. The van der Waals surface area contributed by atoms with Crippen molar-refractivity contribution in [2.45, 2.75) is 25.4 Å². The van der Waals surface area contributed by atoms with Crippen LogP contribution < -0.4 is 15.8 Å². The summed E-state index contributed by atoms with van der Waals surface area (Å²) in [4.78, 5) is 30.8. The second kappa shape index (κ2) is 8.19. The quantitative estimate of drug-likeness (QED) is 0.745. The first kappa shape index (κ1) is 18.1. The second-order valence-corrected chi connectivity index (χ2v) is 6.85. The molecular weight excluding hydrogens is 352 g/mol. The second-order valence-electron chi connectivity index (χ2n) is 6.85. The van der Waals surface area contributed by atoms with E-state index in [0.717, 1.165) is 29.8 Å². The molecule has 6 heteroatoms. The first-order chi connectivity index (χ1) is 13.7. The number of rotatable bonds is 5. The molecule has 0 bridgehead atoms. The molecule has 142 valence electrons. The van der Waals surface area contributed by atoms with E-state index in [0.29, 0.717) is 13.1 Å². The number of piperidine rings is 1. The van der Waals surface area contributed by atoms with Crippen molar-refractivity contribution in [3.8, 4) is 5.69 Å². The maximum absolute atomic E-state index is 13.0. The molecule has 0 aliphatic carbocycles. The van der Waals surface area contributed by atoms with Crippen molar-refractivity contribution in [1.29, 1.82) is 0 Å². The van der Waals surface area contributed by atoms with Crippen molar-refractivity contribution in [3.05, 3.63) is 89.1 Å². The van der Waals surface area contributed by atoms with E-state index in [1.165, 1.54) is 6.07 Å². The molecule has 0 radical (unpaired) electrons. The first-order valence-electron chi connectivity index (χ1n) is 9.44. The van der Waals surface area contributed by atoms with E-state index in [1.807, 2.05) is 47.4 Å². The van der Waals surface area contributed by atoms with E-state index in [2.05, 4.69) is 10.3 Å². The van der Waals surface area contributed by atoms with Gasteiger partial charge in [-0.05, 0) is 60.9 Å². The van der Waals surface area contributed by atoms with E-state index in [4.69, 9.17) is 0 Å². The summed E-state index contributed by atoms with van der Waals surface area (Å²) >= 11 is 0. The molecule has 0 spiro atoms. The molecule has 1 aliphatic heterocycles. The third-order valence-electron chi connectivity index (χ3n) is 5.00. The van der Waals surface area contributed by atoms with Crippen LogP contribution in [0.25, 0.3) is 5.69 Å². The molecule has 1 saturated heterocycles. The van der Waals surface area contributed by atoms with E-state index in [9.17, 15) is 9.59 Å². The van der Waals surface area contributed by atoms with Crippen LogP contribution in [0.3, 0.4) is 0 Å². The minimum absolute atomic E-state index is 0.0790. The summed E-state index contributed by atoms with van der Waals surface area (Å²) < 4.78 is 1.58. The smallest absolute Gasteiger partial charge is 0.255 e. The minimum atomic E-state index is -0.196. The van der Waals surface area contributed by atoms with Crippen molar-refractivity contribution >= 4 is 11.6 Å². The lowest BCUT2D eigenvalue weighted by molar-refractivity contribution is -0.121. The summed E-state index contributed by atoms with van der Waals surface area (Å²) in [6, 6.07) is 16.3. The Kier molecular flexibility index (Phi) is 5.30. The number of amides is 1. The monoisotopic (exact) mass is 374 g/mol. The van der Waals surface area contributed by atoms with Crippen LogP contribution in [0.15, 0.2) is 78.0 Å². The lowest BCUT2D eigenvalue weighted by Crippen LogP contribution is -2.50. The molecular formula is C22H22N4O2. The van der Waals surface area contributed by atoms with E-state index in [-0.39, 0.29) is 17.5 Å². The van der Waals surface area contributed by atoms with Crippen molar-refractivity contribution in [3.63, 3.8) is 0 Å². The number of benzene rings is 1. The van der Waals surface area contributed by atoms with Gasteiger partial charge in [0.25, 0.3) is 5.56 Å². The van der Waals surface area contributed by atoms with Gasteiger partial charge in [0.1, 0.15) is 0 Å². The molecule has 28 heavy (non-hydrogen) atoms. The molecule has 3 aromatic rings. The highest BCUT2D eigenvalue weighted by Crippen LogP contribution is 2.22. The average molecular weight is 374 g/mol. The molecule has 3 heterocycles. The van der Waals surface area contributed by atoms with Crippen molar-refractivity contribution in [2.24, 2.45) is 0 Å². The van der Waals surface area contributed by atoms with Crippen LogP contribution in [0.5, 0.6) is 0 Å². The predicted octanol–water partition coefficient (Wildman–Crippen LogP) is 2.52. The normalized spacial score (nSPS) is 16.9. The van der Waals surface area contributed by atoms with Crippen LogP contribution in [0.4, 0.5) is 5.69 Å². The van der Waals surface area contributed by atoms with Crippen LogP contribution in [0.1, 0.15) is 18.4 Å². The Balaban J connectivity index is 1.47. The van der Waals surface area contributed by atoms with E-state index >= 15 is 0 Å². The van der Waals surface area contributed by atoms with Crippen LogP contribution in [0.2, 0.25) is 0 Å². The summed E-state index contributed by atoms with van der Waals surface area (Å²) in [6.45, 7) is 1.35. The summed E-state index contributed by atoms with van der Waals surface area (Å²) in [7, 11) is 0. The fourth-order valence-corrected chi connectivity index (χ4v) is 3.50. The van der Waals surface area contributed by atoms with Crippen molar-refractivity contribution in [2.75, 3.05) is 11.4 Å². The SMILES string of the molecule is O=C1C(NCc2ccncc2)CCCN1c1ccc(-n2ccccc2=O)cc1. The fraction of sp³-hybridized carbons (Fsp3) is 0.227. The van der Waals surface area contributed by atoms with Gasteiger partial charge in [0, 0.05) is 49.1 Å². The molecule has 1 unspecified atom stereocenters. The predicted molar refractivity (Wildman–Crippen MR) is 108 cm³/mol. The lowest BCUT2D eigenvalue weighted by atomic mass is 10.0. The van der Waals surface area contributed by atoms with Gasteiger partial charge in [0.2, 0.25) is 5.91 Å². The van der Waals surface area contributed by atoms with E-state index in [1.54, 1.807) is 29.2 Å². The van der Waals surface area contributed by atoms with Gasteiger partial charge >= 0.3 is 0 Å². The Labute approximate surface area is 163 Å². The van der Waals surface area contributed by atoms with Gasteiger partial charge in [-0.15, -0.1) is 0 Å². The fourth-order valence-electron chi connectivity index (χ4n) is 3.50. The maximum atomic E-state index is 13.0. The third-order valence-corrected chi connectivity index (χ3v) is 5.00. The number of nitrogens with one attached hydrogen (secondary N) is 1. The third kappa shape index (κ3) is 3.87. The number of hydrogen-bond acceptors (Lipinski definition) is 4. The number of pyridine rings is 2. The Morgan fingerprint density at radius 1 is 0.964 bits per heavy atom. The number of carbonyl (C=O) groups is 1. The zero-order valence-corrected chi connectivity index (χ0v) is 15.5. The highest BCUT2D eigenvalue weighted by molar-refractivity contribution is 5.98. The molecule has 1 N–H and O–H groups in total. The largest absolute Gasteiger partial charge is 0.311 e. The summed E-state index contributed by atoms with van der Waals surface area (Å²) in [6.07, 6.45) is 7.03. The number of nitrogens with zero attached hydrogens (tertiary/aromatic N) is 3. The van der Waals surface area contributed by atoms with Gasteiger partial charge in [0.05, 0.1) is 6.04 Å². The molecule has 0 saturated carbocycles. The number of hydrogen-bond donors (Lipinski definition) is 1. The summed E-state index contributed by atoms with van der Waals surface area (Å²) in [5.74, 6) is 0.0879. The first-order valence-corrected chi connectivity index (χ1v) is 9.44. The molecule has 1 aliphatic rings. The minimum Gasteiger partial charge on any atom is -0.311 e. The molecule has 4 rings (SSSR count). The standard InChI is InChI=1S/C22H22N4O2/c27-21-5-1-2-14-25(21)18-6-8-19(9-7-18)26-15-3-4-20(22(26)28)24-16-17-10-12-23-13-11-17/h1-2,5-14,20,24H,3-4,15-16H2. The van der Waals surface area contributed by atoms with Crippen LogP contribution >= 0.6 is 0 Å². The molecule has 1 fully saturated rings. The van der Waals surface area contributed by atoms with Crippen molar-refractivity contribution < 1.29 is 4.79 Å². The van der Waals surface area contributed by atoms with Gasteiger partial charge in [-0.1, -0.05) is 6.07 Å². The Hall–Kier alpha value is -3.25. The maximum Gasteiger partial charge on any atom is 0.255 e. The molecule has 2 aromatic heterocycles. The Bertz CT molecular complexity index is 999. The molecule has 1 aromatic carbocycles. The topological polar surface area (TPSA) is 67.2 Å². The van der Waals surface area contributed by atoms with Crippen molar-refractivity contribution in [1.82, 2.24) is 14.9 Å². The number of carbonyl (C=O) groups excluding carboxylic acids is 1. The van der Waals surface area contributed by atoms with E-state index < -0.39 is 0 Å². The zero-order valence-electron chi connectivity index (χ0n) is 15.5. The van der Waals surface area contributed by atoms with Crippen LogP contribution in [-0.4, -0.2) is 28.0 Å². The van der Waals surface area contributed by atoms with Crippen LogP contribution in [0, 0.1) is 0 Å². The van der Waals surface area contributed by atoms with Gasteiger partial charge in [-0.25, -0.2) is 0 Å². The van der Waals surface area contributed by atoms with Gasteiger partial charge < -0.3 is 10.2 Å². The van der Waals surface area contributed by atoms with Gasteiger partial charge in [-0.2, -0.15) is 0 Å². The molecule has 6 nitrogen and oxygen atoms in total. The molecule has 1 atom stereocenters. The average Bonchev–Trinajstić information content (AvgIpc) is 2.74. The molecule has 1 amide bonds. The Morgan fingerprint density at radius 2 is 1.71 bits per heavy atom. The summed E-state index contributed by atoms with van der Waals surface area (Å²) in [5.41, 5.74) is 2.67. The lowest BCUT2D eigenvalue weighted by Gasteiger charge is -2.33. The summed E-state index contributed by atoms with van der Waals surface area (Å²) in [5, 5.41) is 3.37.